The number of rotatable bonds is 5. The van der Waals surface area contributed by atoms with Crippen LogP contribution >= 0.6 is 0 Å². The molecule has 1 aliphatic heterocycles. The van der Waals surface area contributed by atoms with Gasteiger partial charge in [0.2, 0.25) is 5.91 Å². The first kappa shape index (κ1) is 15.4. The molecule has 0 saturated carbocycles. The zero-order valence-corrected chi connectivity index (χ0v) is 11.8. The third kappa shape index (κ3) is 3.36. The maximum absolute atomic E-state index is 14.0. The minimum absolute atomic E-state index is 0.105. The van der Waals surface area contributed by atoms with Crippen LogP contribution in [0.15, 0.2) is 18.2 Å². The molecule has 2 rings (SSSR count). The van der Waals surface area contributed by atoms with Crippen LogP contribution in [0.1, 0.15) is 26.2 Å². The molecule has 7 heteroatoms. The summed E-state index contributed by atoms with van der Waals surface area (Å²) >= 11 is 0. The predicted molar refractivity (Wildman–Crippen MR) is 76.7 cm³/mol. The van der Waals surface area contributed by atoms with Crippen molar-refractivity contribution in [1.82, 2.24) is 5.32 Å². The number of anilines is 1. The average molecular weight is 295 g/mol. The Balaban J connectivity index is 2.20. The summed E-state index contributed by atoms with van der Waals surface area (Å²) < 4.78 is 14.0. The van der Waals surface area contributed by atoms with Gasteiger partial charge >= 0.3 is 0 Å². The molecule has 0 bridgehead atoms. The second-order valence-electron chi connectivity index (χ2n) is 5.03. The molecule has 1 unspecified atom stereocenters. The Labute approximate surface area is 122 Å². The summed E-state index contributed by atoms with van der Waals surface area (Å²) in [6.07, 6.45) is 2.41. The van der Waals surface area contributed by atoms with Crippen LogP contribution in [0.2, 0.25) is 0 Å². The number of nitro benzene ring substituents is 1. The van der Waals surface area contributed by atoms with E-state index in [0.717, 1.165) is 31.9 Å². The number of non-ortho nitro benzene ring substituents is 1. The highest BCUT2D eigenvalue weighted by atomic mass is 19.1. The summed E-state index contributed by atoms with van der Waals surface area (Å²) in [6, 6.07) is 3.06. The van der Waals surface area contributed by atoms with Gasteiger partial charge in [-0.25, -0.2) is 4.39 Å². The number of amides is 1. The molecule has 1 aromatic carbocycles. The molecule has 1 amide bonds. The maximum Gasteiger partial charge on any atom is 0.272 e. The van der Waals surface area contributed by atoms with Crippen LogP contribution in [-0.2, 0) is 4.79 Å². The molecule has 1 saturated heterocycles. The van der Waals surface area contributed by atoms with Gasteiger partial charge in [0.1, 0.15) is 0 Å². The van der Waals surface area contributed by atoms with Crippen molar-refractivity contribution in [3.8, 4) is 0 Å². The Morgan fingerprint density at radius 3 is 2.90 bits per heavy atom. The number of nitrogens with one attached hydrogen (secondary N) is 1. The quantitative estimate of drug-likeness (QED) is 0.667. The predicted octanol–water partition coefficient (Wildman–Crippen LogP) is 2.23. The second-order valence-corrected chi connectivity index (χ2v) is 5.03. The van der Waals surface area contributed by atoms with Gasteiger partial charge in [-0.1, -0.05) is 6.92 Å². The van der Waals surface area contributed by atoms with E-state index in [4.69, 9.17) is 0 Å². The molecule has 1 fully saturated rings. The zero-order chi connectivity index (χ0) is 15.4. The molecule has 0 spiro atoms. The van der Waals surface area contributed by atoms with Gasteiger partial charge in [0.15, 0.2) is 5.82 Å². The van der Waals surface area contributed by atoms with Gasteiger partial charge in [0, 0.05) is 12.6 Å². The molecule has 1 aliphatic rings. The molecular weight excluding hydrogens is 277 g/mol. The Morgan fingerprint density at radius 1 is 1.52 bits per heavy atom. The van der Waals surface area contributed by atoms with Crippen molar-refractivity contribution >= 4 is 17.3 Å². The molecule has 114 valence electrons. The Hall–Kier alpha value is -2.02. The summed E-state index contributed by atoms with van der Waals surface area (Å²) in [6.45, 7) is 3.17. The molecule has 0 radical (unpaired) electrons. The summed E-state index contributed by atoms with van der Waals surface area (Å²) in [7, 11) is 0. The standard InChI is InChI=1S/C14H18FN3O3/c1-2-7-16-12-4-3-8-17(14(12)19)13-6-5-10(18(20)21)9-11(13)15/h5-6,9,12,16H,2-4,7-8H2,1H3. The molecule has 0 aromatic heterocycles. The second kappa shape index (κ2) is 6.62. The van der Waals surface area contributed by atoms with E-state index in [9.17, 15) is 19.3 Å². The van der Waals surface area contributed by atoms with Crippen molar-refractivity contribution in [3.63, 3.8) is 0 Å². The molecule has 21 heavy (non-hydrogen) atoms. The number of hydrogen-bond acceptors (Lipinski definition) is 4. The van der Waals surface area contributed by atoms with Gasteiger partial charge in [0.25, 0.3) is 5.69 Å². The number of benzene rings is 1. The largest absolute Gasteiger partial charge is 0.308 e. The van der Waals surface area contributed by atoms with Crippen molar-refractivity contribution in [2.24, 2.45) is 0 Å². The van der Waals surface area contributed by atoms with Crippen LogP contribution < -0.4 is 10.2 Å². The number of nitrogens with zero attached hydrogens (tertiary/aromatic N) is 2. The summed E-state index contributed by atoms with van der Waals surface area (Å²) in [5.74, 6) is -0.920. The first-order chi connectivity index (χ1) is 10.0. The van der Waals surface area contributed by atoms with E-state index < -0.39 is 10.7 Å². The SMILES string of the molecule is CCCNC1CCCN(c2ccc([N+](=O)[O-])cc2F)C1=O. The van der Waals surface area contributed by atoms with E-state index in [1.165, 1.54) is 17.0 Å². The third-order valence-electron chi connectivity index (χ3n) is 3.51. The van der Waals surface area contributed by atoms with Crippen molar-refractivity contribution in [1.29, 1.82) is 0 Å². The Morgan fingerprint density at radius 2 is 2.29 bits per heavy atom. The highest BCUT2D eigenvalue weighted by Crippen LogP contribution is 2.27. The monoisotopic (exact) mass is 295 g/mol. The Bertz CT molecular complexity index is 550. The van der Waals surface area contributed by atoms with Gasteiger partial charge in [0.05, 0.1) is 22.7 Å². The summed E-state index contributed by atoms with van der Waals surface area (Å²) in [5.41, 5.74) is -0.213. The van der Waals surface area contributed by atoms with Gasteiger partial charge in [-0.05, 0) is 31.9 Å². The number of halogens is 1. The number of hydrogen-bond donors (Lipinski definition) is 1. The van der Waals surface area contributed by atoms with Gasteiger partial charge in [-0.15, -0.1) is 0 Å². The molecule has 1 heterocycles. The van der Waals surface area contributed by atoms with E-state index in [2.05, 4.69) is 5.32 Å². The van der Waals surface area contributed by atoms with E-state index >= 15 is 0 Å². The van der Waals surface area contributed by atoms with Gasteiger partial charge < -0.3 is 10.2 Å². The highest BCUT2D eigenvalue weighted by molar-refractivity contribution is 5.98. The van der Waals surface area contributed by atoms with Crippen molar-refractivity contribution in [3.05, 3.63) is 34.1 Å². The van der Waals surface area contributed by atoms with Crippen molar-refractivity contribution in [2.45, 2.75) is 32.2 Å². The molecule has 1 atom stereocenters. The number of carbonyl (C=O) groups is 1. The summed E-state index contributed by atoms with van der Waals surface area (Å²) in [4.78, 5) is 23.7. The van der Waals surface area contributed by atoms with Gasteiger partial charge in [-0.2, -0.15) is 0 Å². The molecule has 0 aliphatic carbocycles. The Kier molecular flexibility index (Phi) is 4.85. The topological polar surface area (TPSA) is 75.5 Å². The van der Waals surface area contributed by atoms with Crippen LogP contribution in [0.25, 0.3) is 0 Å². The lowest BCUT2D eigenvalue weighted by Crippen LogP contribution is -2.51. The molecule has 6 nitrogen and oxygen atoms in total. The van der Waals surface area contributed by atoms with E-state index in [1.807, 2.05) is 6.92 Å². The molecule has 1 N–H and O–H groups in total. The van der Waals surface area contributed by atoms with Crippen LogP contribution in [0.4, 0.5) is 15.8 Å². The maximum atomic E-state index is 14.0. The minimum Gasteiger partial charge on any atom is -0.308 e. The molecule has 1 aromatic rings. The average Bonchev–Trinajstić information content (AvgIpc) is 2.46. The van der Waals surface area contributed by atoms with E-state index in [0.29, 0.717) is 6.54 Å². The number of carbonyl (C=O) groups excluding carboxylic acids is 1. The highest BCUT2D eigenvalue weighted by Gasteiger charge is 2.30. The van der Waals surface area contributed by atoms with Gasteiger partial charge in [-0.3, -0.25) is 14.9 Å². The number of nitro groups is 1. The van der Waals surface area contributed by atoms with Crippen LogP contribution in [0.5, 0.6) is 0 Å². The van der Waals surface area contributed by atoms with Crippen molar-refractivity contribution < 1.29 is 14.1 Å². The first-order valence-corrected chi connectivity index (χ1v) is 7.03. The lowest BCUT2D eigenvalue weighted by Gasteiger charge is -2.32. The third-order valence-corrected chi connectivity index (χ3v) is 3.51. The van der Waals surface area contributed by atoms with Crippen LogP contribution in [-0.4, -0.2) is 30.0 Å². The van der Waals surface area contributed by atoms with Crippen molar-refractivity contribution in [2.75, 3.05) is 18.0 Å². The van der Waals surface area contributed by atoms with Crippen LogP contribution in [0.3, 0.4) is 0 Å². The van der Waals surface area contributed by atoms with Crippen LogP contribution in [0, 0.1) is 15.9 Å². The normalized spacial score (nSPS) is 18.9. The number of piperidine rings is 1. The fourth-order valence-electron chi connectivity index (χ4n) is 2.45. The fraction of sp³-hybridized carbons (Fsp3) is 0.500. The zero-order valence-electron chi connectivity index (χ0n) is 11.8. The van der Waals surface area contributed by atoms with E-state index in [1.54, 1.807) is 0 Å². The minimum atomic E-state index is -0.742. The fourth-order valence-corrected chi connectivity index (χ4v) is 2.45. The smallest absolute Gasteiger partial charge is 0.272 e. The lowest BCUT2D eigenvalue weighted by atomic mass is 10.0. The molecular formula is C14H18FN3O3. The lowest BCUT2D eigenvalue weighted by molar-refractivity contribution is -0.385. The summed E-state index contributed by atoms with van der Waals surface area (Å²) in [5, 5.41) is 13.8. The first-order valence-electron chi connectivity index (χ1n) is 7.03. The van der Waals surface area contributed by atoms with E-state index in [-0.39, 0.29) is 23.3 Å².